The van der Waals surface area contributed by atoms with Crippen molar-refractivity contribution >= 4 is 16.6 Å². The highest BCUT2D eigenvalue weighted by molar-refractivity contribution is 5.93. The van der Waals surface area contributed by atoms with Crippen LogP contribution < -0.4 is 10.5 Å². The summed E-state index contributed by atoms with van der Waals surface area (Å²) in [6.07, 6.45) is 0. The first-order valence-electron chi connectivity index (χ1n) is 6.21. The molecule has 0 bridgehead atoms. The smallest absolute Gasteiger partial charge is 0.219 e. The standard InChI is InChI=1S/C16H13N3O/c17-16(18)13-8-4-10-15(19-13)20-14-9-3-6-11-5-1-2-7-12(11)14/h1-10H,(H3,17,18). The summed E-state index contributed by atoms with van der Waals surface area (Å²) in [5.41, 5.74) is 5.84. The highest BCUT2D eigenvalue weighted by Gasteiger charge is 2.05. The van der Waals surface area contributed by atoms with Crippen molar-refractivity contribution in [3.05, 3.63) is 66.4 Å². The van der Waals surface area contributed by atoms with Gasteiger partial charge in [-0.2, -0.15) is 0 Å². The van der Waals surface area contributed by atoms with Crippen LogP contribution in [0, 0.1) is 5.41 Å². The van der Waals surface area contributed by atoms with Crippen molar-refractivity contribution in [2.45, 2.75) is 0 Å². The highest BCUT2D eigenvalue weighted by atomic mass is 16.5. The summed E-state index contributed by atoms with van der Waals surface area (Å²) in [7, 11) is 0. The van der Waals surface area contributed by atoms with E-state index in [0.717, 1.165) is 16.5 Å². The number of nitrogens with one attached hydrogen (secondary N) is 1. The molecule has 0 radical (unpaired) electrons. The summed E-state index contributed by atoms with van der Waals surface area (Å²) in [6.45, 7) is 0. The molecular weight excluding hydrogens is 250 g/mol. The summed E-state index contributed by atoms with van der Waals surface area (Å²) in [6, 6.07) is 19.0. The van der Waals surface area contributed by atoms with Gasteiger partial charge in [-0.05, 0) is 17.5 Å². The van der Waals surface area contributed by atoms with Gasteiger partial charge in [-0.25, -0.2) is 4.98 Å². The van der Waals surface area contributed by atoms with Gasteiger partial charge in [0.1, 0.15) is 17.3 Å². The number of pyridine rings is 1. The maximum absolute atomic E-state index is 7.40. The monoisotopic (exact) mass is 263 g/mol. The number of nitrogens with zero attached hydrogens (tertiary/aromatic N) is 1. The van der Waals surface area contributed by atoms with Gasteiger partial charge in [-0.15, -0.1) is 0 Å². The minimum atomic E-state index is -0.0756. The lowest BCUT2D eigenvalue weighted by molar-refractivity contribution is 0.468. The Balaban J connectivity index is 2.01. The molecule has 0 aliphatic rings. The molecule has 0 saturated heterocycles. The van der Waals surface area contributed by atoms with Crippen LogP contribution in [0.25, 0.3) is 10.8 Å². The molecule has 20 heavy (non-hydrogen) atoms. The molecule has 0 aliphatic carbocycles. The van der Waals surface area contributed by atoms with Gasteiger partial charge in [0.2, 0.25) is 5.88 Å². The predicted octanol–water partition coefficient (Wildman–Crippen LogP) is 3.31. The van der Waals surface area contributed by atoms with Crippen molar-refractivity contribution in [3.63, 3.8) is 0 Å². The Morgan fingerprint density at radius 1 is 0.950 bits per heavy atom. The Morgan fingerprint density at radius 2 is 1.70 bits per heavy atom. The van der Waals surface area contributed by atoms with Crippen molar-refractivity contribution in [1.82, 2.24) is 4.98 Å². The van der Waals surface area contributed by atoms with Crippen molar-refractivity contribution in [3.8, 4) is 11.6 Å². The van der Waals surface area contributed by atoms with Gasteiger partial charge in [-0.3, -0.25) is 5.41 Å². The summed E-state index contributed by atoms with van der Waals surface area (Å²) >= 11 is 0. The first-order valence-corrected chi connectivity index (χ1v) is 6.21. The van der Waals surface area contributed by atoms with Gasteiger partial charge in [0.25, 0.3) is 0 Å². The van der Waals surface area contributed by atoms with Crippen molar-refractivity contribution in [1.29, 1.82) is 5.41 Å². The largest absolute Gasteiger partial charge is 0.438 e. The van der Waals surface area contributed by atoms with E-state index in [-0.39, 0.29) is 5.84 Å². The van der Waals surface area contributed by atoms with Gasteiger partial charge in [0.05, 0.1) is 0 Å². The van der Waals surface area contributed by atoms with Gasteiger partial charge in [-0.1, -0.05) is 42.5 Å². The third-order valence-corrected chi connectivity index (χ3v) is 2.96. The topological polar surface area (TPSA) is 72.0 Å². The first-order chi connectivity index (χ1) is 9.74. The number of benzene rings is 2. The summed E-state index contributed by atoms with van der Waals surface area (Å²) in [5.74, 6) is 1.08. The number of hydrogen-bond donors (Lipinski definition) is 2. The molecule has 4 heteroatoms. The average Bonchev–Trinajstić information content (AvgIpc) is 2.48. The molecule has 0 amide bonds. The fourth-order valence-electron chi connectivity index (χ4n) is 2.02. The quantitative estimate of drug-likeness (QED) is 0.562. The second kappa shape index (κ2) is 5.01. The number of amidine groups is 1. The average molecular weight is 263 g/mol. The molecule has 0 unspecified atom stereocenters. The molecule has 98 valence electrons. The number of aromatic nitrogens is 1. The maximum Gasteiger partial charge on any atom is 0.219 e. The van der Waals surface area contributed by atoms with Crippen molar-refractivity contribution in [2.75, 3.05) is 0 Å². The number of ether oxygens (including phenoxy) is 1. The van der Waals surface area contributed by atoms with E-state index in [9.17, 15) is 0 Å². The maximum atomic E-state index is 7.40. The Kier molecular flexibility index (Phi) is 3.05. The SMILES string of the molecule is N=C(N)c1cccc(Oc2cccc3ccccc23)n1. The summed E-state index contributed by atoms with van der Waals surface area (Å²) < 4.78 is 5.82. The number of fused-ring (bicyclic) bond motifs is 1. The molecule has 3 aromatic rings. The van der Waals surface area contributed by atoms with Crippen molar-refractivity contribution in [2.24, 2.45) is 5.73 Å². The predicted molar refractivity (Wildman–Crippen MR) is 79.3 cm³/mol. The van der Waals surface area contributed by atoms with Crippen LogP contribution in [0.1, 0.15) is 5.69 Å². The van der Waals surface area contributed by atoms with Crippen LogP contribution in [0.2, 0.25) is 0 Å². The molecule has 4 nitrogen and oxygen atoms in total. The Morgan fingerprint density at radius 3 is 2.55 bits per heavy atom. The van der Waals surface area contributed by atoms with Crippen LogP contribution in [0.4, 0.5) is 0 Å². The normalized spacial score (nSPS) is 10.4. The summed E-state index contributed by atoms with van der Waals surface area (Å²) in [4.78, 5) is 4.20. The minimum absolute atomic E-state index is 0.0756. The molecule has 3 N–H and O–H groups in total. The molecular formula is C16H13N3O. The molecule has 2 aromatic carbocycles. The molecule has 1 aromatic heterocycles. The van der Waals surface area contributed by atoms with E-state index in [0.29, 0.717) is 11.6 Å². The lowest BCUT2D eigenvalue weighted by Crippen LogP contribution is -2.13. The summed E-state index contributed by atoms with van der Waals surface area (Å²) in [5, 5.41) is 9.53. The van der Waals surface area contributed by atoms with E-state index in [1.165, 1.54) is 0 Å². The second-order valence-corrected chi connectivity index (χ2v) is 4.35. The van der Waals surface area contributed by atoms with Crippen molar-refractivity contribution < 1.29 is 4.74 Å². The van der Waals surface area contributed by atoms with Crippen LogP contribution >= 0.6 is 0 Å². The minimum Gasteiger partial charge on any atom is -0.438 e. The zero-order valence-corrected chi connectivity index (χ0v) is 10.7. The lowest BCUT2D eigenvalue weighted by atomic mass is 10.1. The van der Waals surface area contributed by atoms with E-state index >= 15 is 0 Å². The molecule has 1 heterocycles. The van der Waals surface area contributed by atoms with Crippen LogP contribution in [0.3, 0.4) is 0 Å². The van der Waals surface area contributed by atoms with Crippen LogP contribution in [-0.4, -0.2) is 10.8 Å². The number of rotatable bonds is 3. The molecule has 0 aliphatic heterocycles. The number of nitrogens with two attached hydrogens (primary N) is 1. The first kappa shape index (κ1) is 12.2. The third kappa shape index (κ3) is 2.31. The molecule has 0 saturated carbocycles. The van der Waals surface area contributed by atoms with E-state index < -0.39 is 0 Å². The Labute approximate surface area is 116 Å². The third-order valence-electron chi connectivity index (χ3n) is 2.96. The zero-order valence-electron chi connectivity index (χ0n) is 10.7. The fraction of sp³-hybridized carbons (Fsp3) is 0. The van der Waals surface area contributed by atoms with Gasteiger partial charge >= 0.3 is 0 Å². The molecule has 3 rings (SSSR count). The van der Waals surface area contributed by atoms with Crippen LogP contribution in [0.15, 0.2) is 60.7 Å². The number of hydrogen-bond acceptors (Lipinski definition) is 3. The van der Waals surface area contributed by atoms with Gasteiger partial charge in [0, 0.05) is 11.5 Å². The van der Waals surface area contributed by atoms with E-state index in [1.54, 1.807) is 18.2 Å². The molecule has 0 fully saturated rings. The highest BCUT2D eigenvalue weighted by Crippen LogP contribution is 2.28. The lowest BCUT2D eigenvalue weighted by Gasteiger charge is -2.08. The molecule has 0 atom stereocenters. The second-order valence-electron chi connectivity index (χ2n) is 4.35. The van der Waals surface area contributed by atoms with E-state index in [2.05, 4.69) is 4.98 Å². The molecule has 0 spiro atoms. The number of nitrogen functional groups attached to an aromatic ring is 1. The van der Waals surface area contributed by atoms with Crippen LogP contribution in [0.5, 0.6) is 11.6 Å². The fourth-order valence-corrected chi connectivity index (χ4v) is 2.02. The Hall–Kier alpha value is -2.88. The van der Waals surface area contributed by atoms with Gasteiger partial charge in [0.15, 0.2) is 0 Å². The zero-order chi connectivity index (χ0) is 13.9. The van der Waals surface area contributed by atoms with Gasteiger partial charge < -0.3 is 10.5 Å². The van der Waals surface area contributed by atoms with E-state index in [1.807, 2.05) is 42.5 Å². The van der Waals surface area contributed by atoms with Crippen LogP contribution in [-0.2, 0) is 0 Å². The van der Waals surface area contributed by atoms with E-state index in [4.69, 9.17) is 15.9 Å². The Bertz CT molecular complexity index is 778.